The van der Waals surface area contributed by atoms with Crippen LogP contribution in [0, 0.1) is 0 Å². The van der Waals surface area contributed by atoms with Crippen molar-refractivity contribution in [2.24, 2.45) is 0 Å². The van der Waals surface area contributed by atoms with Gasteiger partial charge in [0.25, 0.3) is 0 Å². The van der Waals surface area contributed by atoms with Gasteiger partial charge in [-0.05, 0) is 152 Å². The Kier molecular flexibility index (Phi) is 132. The lowest BCUT2D eigenvalue weighted by molar-refractivity contribution is -0.128. The number of ether oxygens (including phenoxy) is 7. The number of amides is 2. The van der Waals surface area contributed by atoms with Gasteiger partial charge in [0, 0.05) is 130 Å². The molecule has 0 aliphatic heterocycles. The molecule has 0 saturated heterocycles. The number of aliphatic hydroxyl groups excluding tert-OH is 1. The van der Waals surface area contributed by atoms with Crippen LogP contribution >= 0.6 is 0 Å². The minimum absolute atomic E-state index is 0.108. The fraction of sp³-hybridized carbons (Fsp3) is 0.914. The maximum atomic E-state index is 11.0. The third kappa shape index (κ3) is 149. The average molecular weight is 1240 g/mol. The Balaban J connectivity index is -0.000000111. The van der Waals surface area contributed by atoms with Crippen LogP contribution in [0.15, 0.2) is 24.3 Å². The van der Waals surface area contributed by atoms with Crippen LogP contribution < -0.4 is 16.0 Å². The normalized spacial score (nSPS) is 10.3. The van der Waals surface area contributed by atoms with Crippen molar-refractivity contribution in [3.63, 3.8) is 0 Å². The van der Waals surface area contributed by atoms with Crippen molar-refractivity contribution >= 4 is 11.8 Å². The second-order valence-electron chi connectivity index (χ2n) is 21.9. The summed E-state index contributed by atoms with van der Waals surface area (Å²) in [5.41, 5.74) is 0. The van der Waals surface area contributed by atoms with Crippen LogP contribution in [0.3, 0.4) is 0 Å². The first-order valence-electron chi connectivity index (χ1n) is 33.9. The van der Waals surface area contributed by atoms with Crippen molar-refractivity contribution in [1.29, 1.82) is 0 Å². The molecule has 0 heterocycles. The van der Waals surface area contributed by atoms with Gasteiger partial charge in [0.05, 0.1) is 13.2 Å². The zero-order valence-corrected chi connectivity index (χ0v) is 61.4. The Hall–Kier alpha value is -2.06. The van der Waals surface area contributed by atoms with Crippen molar-refractivity contribution < 1.29 is 47.9 Å². The van der Waals surface area contributed by atoms with E-state index in [1.807, 2.05) is 26.2 Å². The molecular weight excluding hydrogens is 1080 g/mol. The molecule has 526 valence electrons. The molecule has 4 N–H and O–H groups in total. The summed E-state index contributed by atoms with van der Waals surface area (Å²) in [6.07, 6.45) is 47.1. The van der Waals surface area contributed by atoms with Gasteiger partial charge in [0.1, 0.15) is 0 Å². The van der Waals surface area contributed by atoms with Crippen LogP contribution in [0.25, 0.3) is 0 Å². The van der Waals surface area contributed by atoms with Crippen molar-refractivity contribution in [3.8, 4) is 0 Å². The Morgan fingerprint density at radius 2 is 0.709 bits per heavy atom. The van der Waals surface area contributed by atoms with Gasteiger partial charge < -0.3 is 68.9 Å². The first-order chi connectivity index (χ1) is 41.6. The Morgan fingerprint density at radius 3 is 1.05 bits per heavy atom. The lowest BCUT2D eigenvalue weighted by Crippen LogP contribution is -2.21. The van der Waals surface area contributed by atoms with E-state index in [1.165, 1.54) is 154 Å². The first kappa shape index (κ1) is 103. The molecule has 0 saturated carbocycles. The highest BCUT2D eigenvalue weighted by Gasteiger charge is 2.02. The van der Waals surface area contributed by atoms with Gasteiger partial charge in [-0.1, -0.05) is 155 Å². The number of carbonyl (C=O) groups is 2. The molecule has 0 aromatic carbocycles. The van der Waals surface area contributed by atoms with Crippen molar-refractivity contribution in [2.45, 2.75) is 233 Å². The topological polar surface area (TPSA) is 165 Å². The Bertz CT molecular complexity index is 1060. The largest absolute Gasteiger partial charge is 0.396 e. The number of nitrogens with zero attached hydrogens (tertiary/aromatic N) is 3. The molecule has 0 aliphatic rings. The van der Waals surface area contributed by atoms with E-state index in [9.17, 15) is 9.59 Å². The summed E-state index contributed by atoms with van der Waals surface area (Å²) in [6.45, 7) is 19.5. The molecule has 0 aromatic rings. The molecule has 16 heteroatoms. The molecule has 0 radical (unpaired) electrons. The SMILES string of the molecule is CCCCCCCCC.CCCCCCCCO.CCCCCCCOC.CNC(=O)CCCCOC.CNCC/C=C/COC.CNCCCCCOC.COC/C=C/CCN(C)C.COCCCCC(=O)N(C)C.COCCCCCN(C)C. The molecule has 0 rings (SSSR count). The van der Waals surface area contributed by atoms with Crippen LogP contribution in [0.5, 0.6) is 0 Å². The predicted molar refractivity (Wildman–Crippen MR) is 377 cm³/mol. The Labute approximate surface area is 537 Å². The van der Waals surface area contributed by atoms with Gasteiger partial charge >= 0.3 is 0 Å². The van der Waals surface area contributed by atoms with Gasteiger partial charge in [-0.15, -0.1) is 0 Å². The zero-order chi connectivity index (χ0) is 66.9. The lowest BCUT2D eigenvalue weighted by Gasteiger charge is -2.08. The smallest absolute Gasteiger partial charge is 0.222 e. The first-order valence-corrected chi connectivity index (χ1v) is 33.9. The average Bonchev–Trinajstić information content (AvgIpc) is 3.50. The molecular formula is C70H156N6O10. The summed E-state index contributed by atoms with van der Waals surface area (Å²) in [4.78, 5) is 27.6. The van der Waals surface area contributed by atoms with E-state index < -0.39 is 0 Å². The number of nitrogens with one attached hydrogen (secondary N) is 3. The van der Waals surface area contributed by atoms with Crippen LogP contribution in [0.1, 0.15) is 233 Å². The maximum absolute atomic E-state index is 11.0. The van der Waals surface area contributed by atoms with Crippen LogP contribution in [0.2, 0.25) is 0 Å². The molecule has 0 bridgehead atoms. The minimum Gasteiger partial charge on any atom is -0.396 e. The molecule has 0 spiro atoms. The second kappa shape index (κ2) is 111. The van der Waals surface area contributed by atoms with Gasteiger partial charge in [-0.25, -0.2) is 0 Å². The van der Waals surface area contributed by atoms with Crippen LogP contribution in [-0.4, -0.2) is 224 Å². The molecule has 86 heavy (non-hydrogen) atoms. The second-order valence-corrected chi connectivity index (χ2v) is 21.9. The number of carbonyl (C=O) groups excluding carboxylic acids is 2. The highest BCUT2D eigenvalue weighted by molar-refractivity contribution is 5.75. The standard InChI is InChI=1S/C9H20.C8H17NO2.C8H19NO.C8H17NO.2C8H18O.C7H15NO2.C7H17NO.C7H15NO/c1-3-5-7-9-8-6-4-2;1-9(2)8(10)6-4-5-7-11-3;2*1-9(2)7-5-4-6-8-10-3;1-3-4-5-6-7-8-9-2;1-2-3-4-5-6-7-8-9;1-8-7(9)5-3-4-6-10-2;2*1-8-6-4-3-5-7-9-2/h3-9H2,1-2H3;4-7H2,1-3H3;4-8H2,1-3H3;4,6H,5,7-8H2,1-3H3;3-8H2,1-2H3;9H,2-8H2,1H3;3-6H2,1-2H3,(H,8,9);8H,3-7H2,1-2H3;3,5,8H,4,6-7H2,1-2H3/b;;;6-4+;;;;;5-3+. The molecule has 16 nitrogen and oxygen atoms in total. The lowest BCUT2D eigenvalue weighted by atomic mass is 10.1. The van der Waals surface area contributed by atoms with E-state index in [0.29, 0.717) is 19.4 Å². The number of hydrogen-bond donors (Lipinski definition) is 4. The summed E-state index contributed by atoms with van der Waals surface area (Å²) in [5, 5.41) is 17.1. The maximum Gasteiger partial charge on any atom is 0.222 e. The Morgan fingerprint density at radius 1 is 0.372 bits per heavy atom. The summed E-state index contributed by atoms with van der Waals surface area (Å²) in [5.74, 6) is 0.303. The number of unbranched alkanes of at least 4 members (excludes halogenated alkanes) is 21. The highest BCUT2D eigenvalue weighted by atomic mass is 16.5. The van der Waals surface area contributed by atoms with Crippen molar-refractivity contribution in [3.05, 3.63) is 24.3 Å². The van der Waals surface area contributed by atoms with E-state index in [0.717, 1.165) is 111 Å². The molecule has 0 unspecified atom stereocenters. The summed E-state index contributed by atoms with van der Waals surface area (Å²) in [6, 6.07) is 0. The molecule has 0 fully saturated rings. The highest BCUT2D eigenvalue weighted by Crippen LogP contribution is 2.06. The quantitative estimate of drug-likeness (QED) is 0.0336. The van der Waals surface area contributed by atoms with E-state index >= 15 is 0 Å². The fourth-order valence-electron chi connectivity index (χ4n) is 6.88. The monoisotopic (exact) mass is 1240 g/mol. The summed E-state index contributed by atoms with van der Waals surface area (Å²) in [7, 11) is 29.5. The molecule has 0 aromatic heterocycles. The number of hydrogen-bond acceptors (Lipinski definition) is 14. The van der Waals surface area contributed by atoms with Crippen molar-refractivity contribution in [1.82, 2.24) is 30.7 Å². The minimum atomic E-state index is 0.108. The van der Waals surface area contributed by atoms with Crippen LogP contribution in [0.4, 0.5) is 0 Å². The van der Waals surface area contributed by atoms with Crippen molar-refractivity contribution in [2.75, 3.05) is 192 Å². The number of rotatable bonds is 50. The summed E-state index contributed by atoms with van der Waals surface area (Å²) < 4.78 is 34.1. The van der Waals surface area contributed by atoms with E-state index in [-0.39, 0.29) is 11.8 Å². The van der Waals surface area contributed by atoms with Crippen LogP contribution in [-0.2, 0) is 42.7 Å². The van der Waals surface area contributed by atoms with E-state index in [4.69, 9.17) is 38.3 Å². The molecule has 2 amide bonds. The van der Waals surface area contributed by atoms with Gasteiger partial charge in [-0.2, -0.15) is 0 Å². The molecule has 0 aliphatic carbocycles. The van der Waals surface area contributed by atoms with Gasteiger partial charge in [0.2, 0.25) is 11.8 Å². The van der Waals surface area contributed by atoms with Gasteiger partial charge in [-0.3, -0.25) is 9.59 Å². The van der Waals surface area contributed by atoms with E-state index in [1.54, 1.807) is 75.8 Å². The zero-order valence-electron chi connectivity index (χ0n) is 61.4. The number of methoxy groups -OCH3 is 7. The fourth-order valence-corrected chi connectivity index (χ4v) is 6.88. The summed E-state index contributed by atoms with van der Waals surface area (Å²) >= 11 is 0. The van der Waals surface area contributed by atoms with Gasteiger partial charge in [0.15, 0.2) is 0 Å². The predicted octanol–water partition coefficient (Wildman–Crippen LogP) is 14.5. The third-order valence-electron chi connectivity index (χ3n) is 12.3. The van der Waals surface area contributed by atoms with E-state index in [2.05, 4.69) is 93.8 Å². The third-order valence-corrected chi connectivity index (χ3v) is 12.3. The number of aliphatic hydroxyl groups is 1. The molecule has 0 atom stereocenters.